The number of rotatable bonds is 0. The van der Waals surface area contributed by atoms with E-state index in [0.29, 0.717) is 6.54 Å². The van der Waals surface area contributed by atoms with E-state index in [1.54, 1.807) is 10.6 Å². The van der Waals surface area contributed by atoms with Crippen LogP contribution in [0.15, 0.2) is 10.9 Å². The van der Waals surface area contributed by atoms with Crippen LogP contribution in [0.5, 0.6) is 0 Å². The van der Waals surface area contributed by atoms with E-state index in [-0.39, 0.29) is 5.56 Å². The fourth-order valence-electron chi connectivity index (χ4n) is 1.45. The molecule has 0 spiro atoms. The summed E-state index contributed by atoms with van der Waals surface area (Å²) < 4.78 is 1.73. The highest BCUT2D eigenvalue weighted by molar-refractivity contribution is 5.04. The number of fused-ring (bicyclic) bond motifs is 1. The second-order valence-electron chi connectivity index (χ2n) is 2.98. The lowest BCUT2D eigenvalue weighted by molar-refractivity contribution is 0.479. The highest BCUT2D eigenvalue weighted by atomic mass is 16.1. The monoisotopic (exact) mass is 165 g/mol. The summed E-state index contributed by atoms with van der Waals surface area (Å²) in [5, 5.41) is 3.17. The average Bonchev–Trinajstić information content (AvgIpc) is 2.04. The van der Waals surface area contributed by atoms with Crippen LogP contribution < -0.4 is 10.9 Å². The van der Waals surface area contributed by atoms with Gasteiger partial charge in [-0.1, -0.05) is 0 Å². The van der Waals surface area contributed by atoms with Crippen LogP contribution in [0.4, 0.5) is 0 Å². The third-order valence-corrected chi connectivity index (χ3v) is 2.01. The Morgan fingerprint density at radius 2 is 2.50 bits per heavy atom. The van der Waals surface area contributed by atoms with Crippen molar-refractivity contribution in [3.8, 4) is 0 Å². The maximum atomic E-state index is 11.4. The summed E-state index contributed by atoms with van der Waals surface area (Å²) in [4.78, 5) is 15.7. The lowest BCUT2D eigenvalue weighted by Gasteiger charge is -2.17. The average molecular weight is 165 g/mol. The summed E-state index contributed by atoms with van der Waals surface area (Å²) in [5.41, 5.74) is 0.869. The van der Waals surface area contributed by atoms with E-state index >= 15 is 0 Å². The molecule has 1 aromatic heterocycles. The van der Waals surface area contributed by atoms with Gasteiger partial charge >= 0.3 is 0 Å². The summed E-state index contributed by atoms with van der Waals surface area (Å²) in [6, 6.07) is 1.58. The van der Waals surface area contributed by atoms with Crippen molar-refractivity contribution in [3.63, 3.8) is 0 Å². The molecule has 0 fully saturated rings. The highest BCUT2D eigenvalue weighted by Gasteiger charge is 2.10. The molecular formula is C8H11N3O. The van der Waals surface area contributed by atoms with Crippen molar-refractivity contribution >= 4 is 0 Å². The first-order valence-electron chi connectivity index (χ1n) is 4.05. The molecule has 0 saturated heterocycles. The first-order chi connectivity index (χ1) is 5.77. The van der Waals surface area contributed by atoms with Gasteiger partial charge in [-0.25, -0.2) is 4.98 Å². The third-order valence-electron chi connectivity index (χ3n) is 2.01. The van der Waals surface area contributed by atoms with Gasteiger partial charge in [-0.15, -0.1) is 0 Å². The lowest BCUT2D eigenvalue weighted by Crippen LogP contribution is -2.36. The van der Waals surface area contributed by atoms with E-state index in [4.69, 9.17) is 0 Å². The molecular weight excluding hydrogens is 154 g/mol. The molecule has 4 heteroatoms. The number of nitrogens with zero attached hydrogens (tertiary/aromatic N) is 2. The summed E-state index contributed by atoms with van der Waals surface area (Å²) in [5.74, 6) is 0.853. The maximum absolute atomic E-state index is 11.4. The molecule has 0 saturated carbocycles. The second-order valence-corrected chi connectivity index (χ2v) is 2.98. The van der Waals surface area contributed by atoms with Crippen LogP contribution in [0.25, 0.3) is 0 Å². The predicted molar refractivity (Wildman–Crippen MR) is 44.9 cm³/mol. The molecule has 0 bridgehead atoms. The lowest BCUT2D eigenvalue weighted by atomic mass is 10.3. The molecule has 0 unspecified atom stereocenters. The first kappa shape index (κ1) is 7.49. The molecule has 0 aromatic carbocycles. The fraction of sp³-hybridized carbons (Fsp3) is 0.500. The number of hydrogen-bond acceptors (Lipinski definition) is 3. The van der Waals surface area contributed by atoms with Crippen LogP contribution in [0.3, 0.4) is 0 Å². The normalized spacial score (nSPS) is 15.8. The molecule has 12 heavy (non-hydrogen) atoms. The molecule has 64 valence electrons. The van der Waals surface area contributed by atoms with E-state index < -0.39 is 0 Å². The van der Waals surface area contributed by atoms with Crippen molar-refractivity contribution in [2.24, 2.45) is 0 Å². The number of aryl methyl sites for hydroxylation is 1. The van der Waals surface area contributed by atoms with E-state index in [0.717, 1.165) is 24.6 Å². The number of hydrogen-bond donors (Lipinski definition) is 1. The zero-order valence-corrected chi connectivity index (χ0v) is 7.00. The minimum absolute atomic E-state index is 0.0685. The van der Waals surface area contributed by atoms with Gasteiger partial charge in [0.1, 0.15) is 5.82 Å². The molecule has 4 nitrogen and oxygen atoms in total. The zero-order valence-electron chi connectivity index (χ0n) is 7.00. The summed E-state index contributed by atoms with van der Waals surface area (Å²) in [6.45, 7) is 4.15. The van der Waals surface area contributed by atoms with Crippen molar-refractivity contribution < 1.29 is 0 Å². The van der Waals surface area contributed by atoms with Crippen molar-refractivity contribution in [3.05, 3.63) is 27.9 Å². The molecule has 0 aliphatic carbocycles. The van der Waals surface area contributed by atoms with Gasteiger partial charge in [-0.3, -0.25) is 9.36 Å². The minimum atomic E-state index is 0.0685. The quantitative estimate of drug-likeness (QED) is 0.572. The molecule has 1 aromatic rings. The summed E-state index contributed by atoms with van der Waals surface area (Å²) in [6.07, 6.45) is 0. The topological polar surface area (TPSA) is 46.9 Å². The highest BCUT2D eigenvalue weighted by Crippen LogP contribution is 1.98. The third kappa shape index (κ3) is 1.14. The molecule has 2 rings (SSSR count). The summed E-state index contributed by atoms with van der Waals surface area (Å²) >= 11 is 0. The Labute approximate surface area is 70.2 Å². The molecule has 0 atom stereocenters. The van der Waals surface area contributed by atoms with Crippen LogP contribution in [0.2, 0.25) is 0 Å². The van der Waals surface area contributed by atoms with Crippen LogP contribution >= 0.6 is 0 Å². The molecule has 1 aliphatic rings. The van der Waals surface area contributed by atoms with Crippen LogP contribution in [0.1, 0.15) is 11.5 Å². The van der Waals surface area contributed by atoms with Gasteiger partial charge in [0, 0.05) is 24.8 Å². The van der Waals surface area contributed by atoms with Crippen molar-refractivity contribution in [2.75, 3.05) is 6.54 Å². The number of aromatic nitrogens is 2. The predicted octanol–water partition coefficient (Wildman–Crippen LogP) is -0.345. The van der Waals surface area contributed by atoms with E-state index in [2.05, 4.69) is 10.3 Å². The van der Waals surface area contributed by atoms with Gasteiger partial charge in [-0.2, -0.15) is 0 Å². The van der Waals surface area contributed by atoms with Crippen LogP contribution in [-0.2, 0) is 13.1 Å². The molecule has 0 radical (unpaired) electrons. The van der Waals surface area contributed by atoms with Gasteiger partial charge in [-0.05, 0) is 6.92 Å². The standard InChI is InChI=1S/C8H11N3O/c1-6-4-8(12)11-3-2-9-5-7(11)10-6/h4,9H,2-3,5H2,1H3. The molecule has 1 aliphatic heterocycles. The minimum Gasteiger partial charge on any atom is -0.308 e. The Balaban J connectivity index is 2.60. The SMILES string of the molecule is Cc1cc(=O)n2c(n1)CNCC2. The van der Waals surface area contributed by atoms with Gasteiger partial charge in [0.2, 0.25) is 0 Å². The van der Waals surface area contributed by atoms with Crippen molar-refractivity contribution in [1.82, 2.24) is 14.9 Å². The summed E-state index contributed by atoms with van der Waals surface area (Å²) in [7, 11) is 0. The van der Waals surface area contributed by atoms with Gasteiger partial charge in [0.15, 0.2) is 0 Å². The Bertz CT molecular complexity index is 356. The Morgan fingerprint density at radius 1 is 1.67 bits per heavy atom. The van der Waals surface area contributed by atoms with E-state index in [1.165, 1.54) is 0 Å². The van der Waals surface area contributed by atoms with Gasteiger partial charge in [0.25, 0.3) is 5.56 Å². The largest absolute Gasteiger partial charge is 0.308 e. The fourth-order valence-corrected chi connectivity index (χ4v) is 1.45. The van der Waals surface area contributed by atoms with E-state index in [1.807, 2.05) is 6.92 Å². The first-order valence-corrected chi connectivity index (χ1v) is 4.05. The van der Waals surface area contributed by atoms with Crippen molar-refractivity contribution in [2.45, 2.75) is 20.0 Å². The van der Waals surface area contributed by atoms with Gasteiger partial charge in [0.05, 0.1) is 6.54 Å². The van der Waals surface area contributed by atoms with Crippen LogP contribution in [-0.4, -0.2) is 16.1 Å². The zero-order chi connectivity index (χ0) is 8.55. The van der Waals surface area contributed by atoms with Crippen LogP contribution in [0, 0.1) is 6.92 Å². The smallest absolute Gasteiger partial charge is 0.253 e. The number of nitrogens with one attached hydrogen (secondary N) is 1. The maximum Gasteiger partial charge on any atom is 0.253 e. The van der Waals surface area contributed by atoms with Gasteiger partial charge < -0.3 is 5.32 Å². The molecule has 1 N–H and O–H groups in total. The second kappa shape index (κ2) is 2.71. The van der Waals surface area contributed by atoms with Crippen molar-refractivity contribution in [1.29, 1.82) is 0 Å². The molecule has 2 heterocycles. The Hall–Kier alpha value is -1.16. The Kier molecular flexibility index (Phi) is 1.69. The molecule has 0 amide bonds. The van der Waals surface area contributed by atoms with E-state index in [9.17, 15) is 4.79 Å². The Morgan fingerprint density at radius 3 is 3.33 bits per heavy atom.